The Morgan fingerprint density at radius 2 is 1.52 bits per heavy atom. The summed E-state index contributed by atoms with van der Waals surface area (Å²) in [5.74, 6) is 0. The van der Waals surface area contributed by atoms with Crippen molar-refractivity contribution in [3.05, 3.63) is 76.5 Å². The van der Waals surface area contributed by atoms with Crippen LogP contribution in [0.15, 0.2) is 48.5 Å². The van der Waals surface area contributed by atoms with Gasteiger partial charge in [-0.2, -0.15) is 0 Å². The molecule has 0 aliphatic carbocycles. The molecule has 3 aromatic rings. The van der Waals surface area contributed by atoms with Gasteiger partial charge in [-0.1, -0.05) is 47.5 Å². The van der Waals surface area contributed by atoms with Crippen LogP contribution in [0.2, 0.25) is 0 Å². The van der Waals surface area contributed by atoms with Crippen molar-refractivity contribution in [2.45, 2.75) is 20.8 Å². The summed E-state index contributed by atoms with van der Waals surface area (Å²) < 4.78 is 0. The normalized spacial score (nSPS) is 11.4. The predicted octanol–water partition coefficient (Wildman–Crippen LogP) is 5.33. The lowest BCUT2D eigenvalue weighted by molar-refractivity contribution is 1.36. The highest BCUT2D eigenvalue weighted by Crippen LogP contribution is 2.17. The maximum Gasteiger partial charge on any atom is 0.0709 e. The summed E-state index contributed by atoms with van der Waals surface area (Å²) >= 11 is 0. The molecule has 21 heavy (non-hydrogen) atoms. The van der Waals surface area contributed by atoms with Gasteiger partial charge >= 0.3 is 0 Å². The molecule has 0 spiro atoms. The van der Waals surface area contributed by atoms with E-state index < -0.39 is 0 Å². The standard InChI is InChI=1S/C20H19N/c1-14-4-6-16(3)17(12-14)7-9-19-10-8-18-13-15(2)5-11-20(18)21-19/h4-13H,1-3H3. The van der Waals surface area contributed by atoms with Gasteiger partial charge in [0.25, 0.3) is 0 Å². The quantitative estimate of drug-likeness (QED) is 0.615. The van der Waals surface area contributed by atoms with Crippen LogP contribution in [-0.4, -0.2) is 4.98 Å². The van der Waals surface area contributed by atoms with Crippen molar-refractivity contribution in [1.82, 2.24) is 4.98 Å². The fourth-order valence-corrected chi connectivity index (χ4v) is 2.47. The molecule has 104 valence electrons. The van der Waals surface area contributed by atoms with E-state index in [0.29, 0.717) is 0 Å². The van der Waals surface area contributed by atoms with Gasteiger partial charge in [-0.3, -0.25) is 0 Å². The molecule has 1 aromatic heterocycles. The van der Waals surface area contributed by atoms with Gasteiger partial charge in [-0.05, 0) is 56.2 Å². The van der Waals surface area contributed by atoms with Crippen LogP contribution in [0.3, 0.4) is 0 Å². The number of benzene rings is 2. The van der Waals surface area contributed by atoms with E-state index in [2.05, 4.69) is 81.5 Å². The first-order valence-electron chi connectivity index (χ1n) is 7.24. The van der Waals surface area contributed by atoms with Gasteiger partial charge in [0.05, 0.1) is 11.2 Å². The van der Waals surface area contributed by atoms with E-state index in [1.807, 2.05) is 0 Å². The molecule has 0 saturated carbocycles. The van der Waals surface area contributed by atoms with Crippen molar-refractivity contribution in [2.75, 3.05) is 0 Å². The molecule has 0 aliphatic heterocycles. The Balaban J connectivity index is 1.95. The molecule has 1 heterocycles. The topological polar surface area (TPSA) is 12.9 Å². The zero-order chi connectivity index (χ0) is 14.8. The van der Waals surface area contributed by atoms with E-state index in [0.717, 1.165) is 11.2 Å². The van der Waals surface area contributed by atoms with Crippen LogP contribution in [0.5, 0.6) is 0 Å². The lowest BCUT2D eigenvalue weighted by Crippen LogP contribution is -1.85. The lowest BCUT2D eigenvalue weighted by atomic mass is 10.0. The highest BCUT2D eigenvalue weighted by Gasteiger charge is 1.98. The van der Waals surface area contributed by atoms with Crippen LogP contribution in [0, 0.1) is 20.8 Å². The van der Waals surface area contributed by atoms with Crippen LogP contribution in [-0.2, 0) is 0 Å². The van der Waals surface area contributed by atoms with E-state index in [9.17, 15) is 0 Å². The van der Waals surface area contributed by atoms with Crippen LogP contribution in [0.4, 0.5) is 0 Å². The molecule has 0 saturated heterocycles. The average Bonchev–Trinajstić information content (AvgIpc) is 2.48. The van der Waals surface area contributed by atoms with Crippen molar-refractivity contribution in [3.8, 4) is 0 Å². The molecule has 0 atom stereocenters. The number of hydrogen-bond acceptors (Lipinski definition) is 1. The number of pyridine rings is 1. The minimum Gasteiger partial charge on any atom is -0.248 e. The highest BCUT2D eigenvalue weighted by atomic mass is 14.7. The lowest BCUT2D eigenvalue weighted by Gasteiger charge is -2.03. The minimum atomic E-state index is 0.993. The molecule has 0 radical (unpaired) electrons. The zero-order valence-corrected chi connectivity index (χ0v) is 12.7. The number of aromatic nitrogens is 1. The molecule has 2 aromatic carbocycles. The van der Waals surface area contributed by atoms with Gasteiger partial charge in [0.1, 0.15) is 0 Å². The highest BCUT2D eigenvalue weighted by molar-refractivity contribution is 5.81. The molecule has 0 bridgehead atoms. The summed E-state index contributed by atoms with van der Waals surface area (Å²) in [7, 11) is 0. The first-order valence-corrected chi connectivity index (χ1v) is 7.24. The minimum absolute atomic E-state index is 0.993. The molecule has 0 aliphatic rings. The molecule has 1 heteroatoms. The van der Waals surface area contributed by atoms with E-state index in [1.165, 1.54) is 27.6 Å². The number of aryl methyl sites for hydroxylation is 3. The molecule has 0 unspecified atom stereocenters. The molecule has 0 amide bonds. The fraction of sp³-hybridized carbons (Fsp3) is 0.150. The summed E-state index contributed by atoms with van der Waals surface area (Å²) in [6.07, 6.45) is 4.23. The molecule has 0 N–H and O–H groups in total. The number of hydrogen-bond donors (Lipinski definition) is 0. The average molecular weight is 273 g/mol. The molecular weight excluding hydrogens is 254 g/mol. The Kier molecular flexibility index (Phi) is 3.57. The zero-order valence-electron chi connectivity index (χ0n) is 12.7. The summed E-state index contributed by atoms with van der Waals surface area (Å²) in [4.78, 5) is 4.70. The second-order valence-electron chi connectivity index (χ2n) is 5.63. The Morgan fingerprint density at radius 3 is 2.38 bits per heavy atom. The van der Waals surface area contributed by atoms with Crippen molar-refractivity contribution in [2.24, 2.45) is 0 Å². The Labute approximate surface area is 126 Å². The van der Waals surface area contributed by atoms with Gasteiger partial charge < -0.3 is 0 Å². The monoisotopic (exact) mass is 273 g/mol. The first kappa shape index (κ1) is 13.6. The summed E-state index contributed by atoms with van der Waals surface area (Å²) in [5.41, 5.74) is 7.12. The van der Waals surface area contributed by atoms with E-state index >= 15 is 0 Å². The third-order valence-electron chi connectivity index (χ3n) is 3.73. The first-order chi connectivity index (χ1) is 10.1. The number of nitrogens with zero attached hydrogens (tertiary/aromatic N) is 1. The molecule has 0 fully saturated rings. The number of fused-ring (bicyclic) bond motifs is 1. The van der Waals surface area contributed by atoms with Crippen LogP contribution in [0.1, 0.15) is 27.9 Å². The van der Waals surface area contributed by atoms with Crippen molar-refractivity contribution in [3.63, 3.8) is 0 Å². The van der Waals surface area contributed by atoms with Crippen LogP contribution < -0.4 is 0 Å². The maximum absolute atomic E-state index is 4.70. The largest absolute Gasteiger partial charge is 0.248 e. The Bertz CT molecular complexity index is 828. The Morgan fingerprint density at radius 1 is 0.762 bits per heavy atom. The summed E-state index contributed by atoms with van der Waals surface area (Å²) in [6, 6.07) is 17.1. The maximum atomic E-state index is 4.70. The third kappa shape index (κ3) is 3.03. The van der Waals surface area contributed by atoms with Gasteiger partial charge in [0.2, 0.25) is 0 Å². The van der Waals surface area contributed by atoms with Crippen molar-refractivity contribution < 1.29 is 0 Å². The third-order valence-corrected chi connectivity index (χ3v) is 3.73. The second-order valence-corrected chi connectivity index (χ2v) is 5.63. The van der Waals surface area contributed by atoms with Gasteiger partial charge in [0, 0.05) is 5.39 Å². The van der Waals surface area contributed by atoms with Gasteiger partial charge in [-0.25, -0.2) is 4.98 Å². The van der Waals surface area contributed by atoms with Crippen molar-refractivity contribution in [1.29, 1.82) is 0 Å². The molecule has 3 rings (SSSR count). The Hall–Kier alpha value is -2.41. The van der Waals surface area contributed by atoms with Gasteiger partial charge in [-0.15, -0.1) is 0 Å². The van der Waals surface area contributed by atoms with Crippen LogP contribution in [0.25, 0.3) is 23.1 Å². The van der Waals surface area contributed by atoms with E-state index in [1.54, 1.807) is 0 Å². The number of rotatable bonds is 2. The summed E-state index contributed by atoms with van der Waals surface area (Å²) in [6.45, 7) is 6.36. The van der Waals surface area contributed by atoms with Gasteiger partial charge in [0.15, 0.2) is 0 Å². The summed E-state index contributed by atoms with van der Waals surface area (Å²) in [5, 5.41) is 1.19. The second kappa shape index (κ2) is 5.53. The van der Waals surface area contributed by atoms with E-state index in [-0.39, 0.29) is 0 Å². The fourth-order valence-electron chi connectivity index (χ4n) is 2.47. The smallest absolute Gasteiger partial charge is 0.0709 e. The molecule has 1 nitrogen and oxygen atoms in total. The van der Waals surface area contributed by atoms with Crippen LogP contribution >= 0.6 is 0 Å². The predicted molar refractivity (Wildman–Crippen MR) is 91.3 cm³/mol. The van der Waals surface area contributed by atoms with E-state index in [4.69, 9.17) is 4.98 Å². The SMILES string of the molecule is Cc1ccc(C)c(C=Cc2ccc3cc(C)ccc3n2)c1. The van der Waals surface area contributed by atoms with Crippen molar-refractivity contribution >= 4 is 23.1 Å². The molecular formula is C20H19N.